The van der Waals surface area contributed by atoms with Crippen molar-refractivity contribution < 1.29 is 14.3 Å². The van der Waals surface area contributed by atoms with Gasteiger partial charge in [0.25, 0.3) is 0 Å². The molecule has 2 aliphatic rings. The van der Waals surface area contributed by atoms with Gasteiger partial charge in [-0.3, -0.25) is 0 Å². The van der Waals surface area contributed by atoms with Crippen molar-refractivity contribution in [3.05, 3.63) is 0 Å². The first-order valence-electron chi connectivity index (χ1n) is 8.84. The van der Waals surface area contributed by atoms with Gasteiger partial charge in [-0.2, -0.15) is 0 Å². The lowest BCUT2D eigenvalue weighted by Gasteiger charge is -2.35. The SMILES string of the molecule is COC1CCC(C[C@H]2CC[C@H](C)N2C(=O)OC(C)(C)C)CC1. The summed E-state index contributed by atoms with van der Waals surface area (Å²) in [5.41, 5.74) is -0.416. The molecule has 1 aliphatic carbocycles. The molecule has 2 rings (SSSR count). The van der Waals surface area contributed by atoms with Crippen molar-refractivity contribution in [1.29, 1.82) is 0 Å². The van der Waals surface area contributed by atoms with E-state index >= 15 is 0 Å². The fourth-order valence-electron chi connectivity index (χ4n) is 3.93. The van der Waals surface area contributed by atoms with E-state index in [1.807, 2.05) is 32.8 Å². The maximum atomic E-state index is 12.5. The number of hydrogen-bond acceptors (Lipinski definition) is 3. The number of ether oxygens (including phenoxy) is 2. The largest absolute Gasteiger partial charge is 0.444 e. The van der Waals surface area contributed by atoms with Gasteiger partial charge < -0.3 is 14.4 Å². The second-order valence-corrected chi connectivity index (χ2v) is 8.08. The van der Waals surface area contributed by atoms with E-state index in [9.17, 15) is 4.79 Å². The van der Waals surface area contributed by atoms with Gasteiger partial charge in [0.2, 0.25) is 0 Å². The van der Waals surface area contributed by atoms with Crippen LogP contribution in [0, 0.1) is 5.92 Å². The van der Waals surface area contributed by atoms with Gasteiger partial charge in [-0.05, 0) is 78.6 Å². The van der Waals surface area contributed by atoms with Crippen molar-refractivity contribution in [1.82, 2.24) is 4.90 Å². The summed E-state index contributed by atoms with van der Waals surface area (Å²) >= 11 is 0. The molecule has 4 heteroatoms. The molecule has 1 saturated carbocycles. The van der Waals surface area contributed by atoms with E-state index in [4.69, 9.17) is 9.47 Å². The summed E-state index contributed by atoms with van der Waals surface area (Å²) in [4.78, 5) is 14.5. The third-order valence-corrected chi connectivity index (χ3v) is 5.12. The van der Waals surface area contributed by atoms with Gasteiger partial charge in [-0.15, -0.1) is 0 Å². The normalized spacial score (nSPS) is 33.0. The highest BCUT2D eigenvalue weighted by atomic mass is 16.6. The lowest BCUT2D eigenvalue weighted by atomic mass is 9.83. The quantitative estimate of drug-likeness (QED) is 0.777. The molecular weight excluding hydrogens is 278 g/mol. The minimum absolute atomic E-state index is 0.131. The van der Waals surface area contributed by atoms with Crippen LogP contribution in [-0.2, 0) is 9.47 Å². The number of rotatable bonds is 3. The Balaban J connectivity index is 1.91. The van der Waals surface area contributed by atoms with Crippen LogP contribution < -0.4 is 0 Å². The summed E-state index contributed by atoms with van der Waals surface area (Å²) in [6.07, 6.45) is 8.43. The van der Waals surface area contributed by atoms with Crippen LogP contribution in [0.1, 0.15) is 72.6 Å². The molecule has 1 heterocycles. The van der Waals surface area contributed by atoms with Gasteiger partial charge in [0.15, 0.2) is 0 Å². The second-order valence-electron chi connectivity index (χ2n) is 8.08. The second kappa shape index (κ2) is 7.20. The molecule has 2 fully saturated rings. The highest BCUT2D eigenvalue weighted by Crippen LogP contribution is 2.35. The smallest absolute Gasteiger partial charge is 0.410 e. The van der Waals surface area contributed by atoms with E-state index in [0.717, 1.165) is 38.0 Å². The van der Waals surface area contributed by atoms with Crippen molar-refractivity contribution >= 4 is 6.09 Å². The zero-order chi connectivity index (χ0) is 16.3. The standard InChI is InChI=1S/C18H33NO3/c1-13-6-9-15(19(13)17(20)22-18(2,3)4)12-14-7-10-16(21-5)11-8-14/h13-16H,6-12H2,1-5H3/t13-,14?,15+,16?/m0/s1. The number of hydrogen-bond donors (Lipinski definition) is 0. The molecule has 0 radical (unpaired) electrons. The summed E-state index contributed by atoms with van der Waals surface area (Å²) < 4.78 is 11.1. The van der Waals surface area contributed by atoms with Gasteiger partial charge >= 0.3 is 6.09 Å². The summed E-state index contributed by atoms with van der Waals surface area (Å²) in [6.45, 7) is 7.96. The van der Waals surface area contributed by atoms with Crippen molar-refractivity contribution in [3.63, 3.8) is 0 Å². The van der Waals surface area contributed by atoms with Crippen LogP contribution in [0.4, 0.5) is 4.79 Å². The predicted molar refractivity (Wildman–Crippen MR) is 87.9 cm³/mol. The first-order valence-corrected chi connectivity index (χ1v) is 8.84. The molecule has 1 aliphatic heterocycles. The number of amides is 1. The highest BCUT2D eigenvalue weighted by Gasteiger charge is 2.38. The van der Waals surface area contributed by atoms with Crippen LogP contribution in [0.5, 0.6) is 0 Å². The van der Waals surface area contributed by atoms with Crippen LogP contribution in [0.15, 0.2) is 0 Å². The van der Waals surface area contributed by atoms with E-state index in [2.05, 4.69) is 6.92 Å². The molecule has 1 saturated heterocycles. The molecular formula is C18H33NO3. The van der Waals surface area contributed by atoms with Crippen molar-refractivity contribution in [2.24, 2.45) is 5.92 Å². The van der Waals surface area contributed by atoms with Crippen LogP contribution >= 0.6 is 0 Å². The lowest BCUT2D eigenvalue weighted by molar-refractivity contribution is 0.0110. The van der Waals surface area contributed by atoms with Gasteiger partial charge in [0, 0.05) is 19.2 Å². The molecule has 0 N–H and O–H groups in total. The first kappa shape index (κ1) is 17.6. The number of nitrogens with zero attached hydrogens (tertiary/aromatic N) is 1. The van der Waals surface area contributed by atoms with E-state index in [1.54, 1.807) is 0 Å². The van der Waals surface area contributed by atoms with E-state index in [1.165, 1.54) is 12.8 Å². The zero-order valence-corrected chi connectivity index (χ0v) is 14.9. The van der Waals surface area contributed by atoms with Crippen LogP contribution in [0.2, 0.25) is 0 Å². The molecule has 0 unspecified atom stereocenters. The molecule has 0 bridgehead atoms. The molecule has 22 heavy (non-hydrogen) atoms. The molecule has 0 spiro atoms. The van der Waals surface area contributed by atoms with Crippen molar-refractivity contribution in [2.45, 2.75) is 96.4 Å². The highest BCUT2D eigenvalue weighted by molar-refractivity contribution is 5.69. The fourth-order valence-corrected chi connectivity index (χ4v) is 3.93. The van der Waals surface area contributed by atoms with Crippen LogP contribution in [0.25, 0.3) is 0 Å². The Morgan fingerprint density at radius 2 is 1.73 bits per heavy atom. The van der Waals surface area contributed by atoms with Crippen molar-refractivity contribution in [2.75, 3.05) is 7.11 Å². The van der Waals surface area contributed by atoms with Crippen LogP contribution in [0.3, 0.4) is 0 Å². The maximum Gasteiger partial charge on any atom is 0.410 e. The van der Waals surface area contributed by atoms with Gasteiger partial charge in [-0.25, -0.2) is 4.79 Å². The molecule has 128 valence electrons. The monoisotopic (exact) mass is 311 g/mol. The third-order valence-electron chi connectivity index (χ3n) is 5.12. The minimum Gasteiger partial charge on any atom is -0.444 e. The Morgan fingerprint density at radius 3 is 2.27 bits per heavy atom. The predicted octanol–water partition coefficient (Wildman–Crippen LogP) is 4.37. The molecule has 0 aromatic rings. The maximum absolute atomic E-state index is 12.5. The average molecular weight is 311 g/mol. The molecule has 1 amide bonds. The minimum atomic E-state index is -0.416. The Kier molecular flexibility index (Phi) is 5.76. The van der Waals surface area contributed by atoms with Gasteiger partial charge in [0.05, 0.1) is 6.10 Å². The Hall–Kier alpha value is -0.770. The number of likely N-dealkylation sites (tertiary alicyclic amines) is 1. The first-order chi connectivity index (χ1) is 10.3. The molecule has 0 aromatic carbocycles. The summed E-state index contributed by atoms with van der Waals surface area (Å²) in [5.74, 6) is 0.728. The molecule has 2 atom stereocenters. The number of carbonyl (C=O) groups excluding carboxylic acids is 1. The van der Waals surface area contributed by atoms with E-state index < -0.39 is 5.60 Å². The molecule has 4 nitrogen and oxygen atoms in total. The Bertz CT molecular complexity index is 369. The van der Waals surface area contributed by atoms with E-state index in [-0.39, 0.29) is 6.09 Å². The number of methoxy groups -OCH3 is 1. The summed E-state index contributed by atoms with van der Waals surface area (Å²) in [6, 6.07) is 0.657. The van der Waals surface area contributed by atoms with Crippen LogP contribution in [-0.4, -0.2) is 41.9 Å². The molecule has 0 aromatic heterocycles. The zero-order valence-electron chi connectivity index (χ0n) is 14.9. The van der Waals surface area contributed by atoms with Crippen molar-refractivity contribution in [3.8, 4) is 0 Å². The fraction of sp³-hybridized carbons (Fsp3) is 0.944. The van der Waals surface area contributed by atoms with Gasteiger partial charge in [0.1, 0.15) is 5.60 Å². The summed E-state index contributed by atoms with van der Waals surface area (Å²) in [5, 5.41) is 0. The Morgan fingerprint density at radius 1 is 1.09 bits per heavy atom. The Labute approximate surface area is 135 Å². The third kappa shape index (κ3) is 4.61. The van der Waals surface area contributed by atoms with E-state index in [0.29, 0.717) is 18.2 Å². The average Bonchev–Trinajstić information content (AvgIpc) is 2.79. The summed E-state index contributed by atoms with van der Waals surface area (Å²) in [7, 11) is 1.81. The van der Waals surface area contributed by atoms with Gasteiger partial charge in [-0.1, -0.05) is 0 Å². The topological polar surface area (TPSA) is 38.8 Å². The number of carbonyl (C=O) groups is 1. The lowest BCUT2D eigenvalue weighted by Crippen LogP contribution is -2.44.